The van der Waals surface area contributed by atoms with Gasteiger partial charge in [-0.2, -0.15) is 0 Å². The molecule has 0 aliphatic heterocycles. The van der Waals surface area contributed by atoms with Gasteiger partial charge in [-0.3, -0.25) is 4.79 Å². The van der Waals surface area contributed by atoms with E-state index in [2.05, 4.69) is 5.32 Å². The average Bonchev–Trinajstić information content (AvgIpc) is 2.56. The van der Waals surface area contributed by atoms with E-state index in [1.54, 1.807) is 24.3 Å². The van der Waals surface area contributed by atoms with Gasteiger partial charge in [-0.1, -0.05) is 37.3 Å². The highest BCUT2D eigenvalue weighted by molar-refractivity contribution is 5.95. The van der Waals surface area contributed by atoms with Gasteiger partial charge in [0.05, 0.1) is 12.5 Å². The first-order valence-corrected chi connectivity index (χ1v) is 7.44. The topological polar surface area (TPSA) is 58.6 Å². The van der Waals surface area contributed by atoms with E-state index in [0.717, 1.165) is 17.7 Å². The van der Waals surface area contributed by atoms with E-state index < -0.39 is 0 Å². The standard InChI is InChI=1S/C18H21NO3/c1-2-17(14-6-4-3-5-7-14)18(21)19-15-8-10-16(11-9-15)22-13-12-20/h3-11,17,20H,2,12-13H2,1H3,(H,19,21). The van der Waals surface area contributed by atoms with Crippen molar-refractivity contribution in [3.05, 3.63) is 60.2 Å². The monoisotopic (exact) mass is 299 g/mol. The number of benzene rings is 2. The molecule has 2 aromatic carbocycles. The normalized spacial score (nSPS) is 11.7. The van der Waals surface area contributed by atoms with Crippen molar-refractivity contribution in [3.63, 3.8) is 0 Å². The summed E-state index contributed by atoms with van der Waals surface area (Å²) in [4.78, 5) is 12.4. The zero-order valence-electron chi connectivity index (χ0n) is 12.7. The quantitative estimate of drug-likeness (QED) is 0.825. The molecule has 4 nitrogen and oxygen atoms in total. The van der Waals surface area contributed by atoms with Crippen LogP contribution in [-0.2, 0) is 4.79 Å². The van der Waals surface area contributed by atoms with Crippen molar-refractivity contribution >= 4 is 11.6 Å². The third-order valence-electron chi connectivity index (χ3n) is 3.41. The molecule has 1 atom stereocenters. The maximum absolute atomic E-state index is 12.4. The fraction of sp³-hybridized carbons (Fsp3) is 0.278. The van der Waals surface area contributed by atoms with Gasteiger partial charge in [0.15, 0.2) is 0 Å². The van der Waals surface area contributed by atoms with Crippen LogP contribution in [0.2, 0.25) is 0 Å². The lowest BCUT2D eigenvalue weighted by Gasteiger charge is -2.15. The summed E-state index contributed by atoms with van der Waals surface area (Å²) in [5.74, 6) is 0.492. The number of hydrogen-bond donors (Lipinski definition) is 2. The van der Waals surface area contributed by atoms with Crippen LogP contribution in [0.5, 0.6) is 5.75 Å². The number of aliphatic hydroxyl groups is 1. The van der Waals surface area contributed by atoms with Gasteiger partial charge in [0.25, 0.3) is 0 Å². The number of aliphatic hydroxyl groups excluding tert-OH is 1. The Kier molecular flexibility index (Phi) is 5.98. The summed E-state index contributed by atoms with van der Waals surface area (Å²) in [7, 11) is 0. The van der Waals surface area contributed by atoms with Crippen molar-refractivity contribution in [1.82, 2.24) is 0 Å². The van der Waals surface area contributed by atoms with Crippen LogP contribution in [0, 0.1) is 0 Å². The zero-order chi connectivity index (χ0) is 15.8. The molecular formula is C18H21NO3. The van der Waals surface area contributed by atoms with Gasteiger partial charge in [-0.25, -0.2) is 0 Å². The summed E-state index contributed by atoms with van der Waals surface area (Å²) in [6.07, 6.45) is 0.744. The molecule has 0 heterocycles. The smallest absolute Gasteiger partial charge is 0.231 e. The van der Waals surface area contributed by atoms with E-state index in [0.29, 0.717) is 5.75 Å². The molecule has 116 valence electrons. The van der Waals surface area contributed by atoms with E-state index in [4.69, 9.17) is 9.84 Å². The van der Waals surface area contributed by atoms with Gasteiger partial charge < -0.3 is 15.2 Å². The summed E-state index contributed by atoms with van der Waals surface area (Å²) in [5, 5.41) is 11.6. The highest BCUT2D eigenvalue weighted by atomic mass is 16.5. The van der Waals surface area contributed by atoms with Crippen LogP contribution >= 0.6 is 0 Å². The van der Waals surface area contributed by atoms with Crippen LogP contribution in [0.3, 0.4) is 0 Å². The van der Waals surface area contributed by atoms with Crippen molar-refractivity contribution in [2.45, 2.75) is 19.3 Å². The molecule has 0 aromatic heterocycles. The summed E-state index contributed by atoms with van der Waals surface area (Å²) in [6.45, 7) is 2.24. The molecule has 1 unspecified atom stereocenters. The number of carbonyl (C=O) groups is 1. The van der Waals surface area contributed by atoms with Crippen LogP contribution < -0.4 is 10.1 Å². The Balaban J connectivity index is 2.01. The number of nitrogens with one attached hydrogen (secondary N) is 1. The van der Waals surface area contributed by atoms with E-state index in [-0.39, 0.29) is 25.0 Å². The Morgan fingerprint density at radius 1 is 1.14 bits per heavy atom. The molecule has 0 saturated carbocycles. The van der Waals surface area contributed by atoms with Crippen molar-refractivity contribution in [1.29, 1.82) is 0 Å². The first-order valence-electron chi connectivity index (χ1n) is 7.44. The van der Waals surface area contributed by atoms with Gasteiger partial charge in [-0.05, 0) is 36.2 Å². The van der Waals surface area contributed by atoms with Crippen LogP contribution in [-0.4, -0.2) is 24.2 Å². The van der Waals surface area contributed by atoms with Gasteiger partial charge in [-0.15, -0.1) is 0 Å². The van der Waals surface area contributed by atoms with Crippen molar-refractivity contribution in [2.75, 3.05) is 18.5 Å². The number of anilines is 1. The first-order chi connectivity index (χ1) is 10.7. The second-order valence-corrected chi connectivity index (χ2v) is 4.96. The Morgan fingerprint density at radius 2 is 1.82 bits per heavy atom. The van der Waals surface area contributed by atoms with Crippen LogP contribution in [0.1, 0.15) is 24.8 Å². The summed E-state index contributed by atoms with van der Waals surface area (Å²) in [5.41, 5.74) is 1.75. The van der Waals surface area contributed by atoms with Gasteiger partial charge >= 0.3 is 0 Å². The Morgan fingerprint density at radius 3 is 2.41 bits per heavy atom. The molecule has 0 aliphatic rings. The summed E-state index contributed by atoms with van der Waals surface area (Å²) in [6, 6.07) is 16.9. The number of hydrogen-bond acceptors (Lipinski definition) is 3. The molecule has 2 aromatic rings. The third kappa shape index (κ3) is 4.33. The maximum atomic E-state index is 12.4. The van der Waals surface area contributed by atoms with E-state index in [9.17, 15) is 4.79 Å². The predicted octanol–water partition coefficient (Wildman–Crippen LogP) is 3.19. The van der Waals surface area contributed by atoms with Crippen LogP contribution in [0.25, 0.3) is 0 Å². The molecule has 0 spiro atoms. The average molecular weight is 299 g/mol. The van der Waals surface area contributed by atoms with Crippen molar-refractivity contribution < 1.29 is 14.6 Å². The summed E-state index contributed by atoms with van der Waals surface area (Å²) < 4.78 is 5.29. The maximum Gasteiger partial charge on any atom is 0.231 e. The van der Waals surface area contributed by atoms with Crippen LogP contribution in [0.4, 0.5) is 5.69 Å². The molecule has 0 fully saturated rings. The lowest BCUT2D eigenvalue weighted by Crippen LogP contribution is -2.20. The molecule has 0 aliphatic carbocycles. The number of carbonyl (C=O) groups excluding carboxylic acids is 1. The van der Waals surface area contributed by atoms with Crippen molar-refractivity contribution in [2.24, 2.45) is 0 Å². The Bertz CT molecular complexity index is 581. The molecule has 1 amide bonds. The lowest BCUT2D eigenvalue weighted by molar-refractivity contribution is -0.117. The first kappa shape index (κ1) is 16.0. The molecule has 2 N–H and O–H groups in total. The second kappa shape index (κ2) is 8.20. The number of ether oxygens (including phenoxy) is 1. The fourth-order valence-corrected chi connectivity index (χ4v) is 2.29. The molecular weight excluding hydrogens is 278 g/mol. The number of amides is 1. The molecule has 0 bridgehead atoms. The molecule has 22 heavy (non-hydrogen) atoms. The Hall–Kier alpha value is -2.33. The van der Waals surface area contributed by atoms with Gasteiger partial charge in [0.1, 0.15) is 12.4 Å². The van der Waals surface area contributed by atoms with Crippen molar-refractivity contribution in [3.8, 4) is 5.75 Å². The lowest BCUT2D eigenvalue weighted by atomic mass is 9.95. The van der Waals surface area contributed by atoms with Gasteiger partial charge in [0.2, 0.25) is 5.91 Å². The molecule has 2 rings (SSSR count). The third-order valence-corrected chi connectivity index (χ3v) is 3.41. The van der Waals surface area contributed by atoms with E-state index in [1.807, 2.05) is 37.3 Å². The highest BCUT2D eigenvalue weighted by Crippen LogP contribution is 2.22. The SMILES string of the molecule is CCC(C(=O)Nc1ccc(OCCO)cc1)c1ccccc1. The van der Waals surface area contributed by atoms with E-state index >= 15 is 0 Å². The minimum absolute atomic E-state index is 0.0160. The fourth-order valence-electron chi connectivity index (χ4n) is 2.29. The molecule has 4 heteroatoms. The summed E-state index contributed by atoms with van der Waals surface area (Å²) >= 11 is 0. The molecule has 0 radical (unpaired) electrons. The molecule has 0 saturated heterocycles. The van der Waals surface area contributed by atoms with Crippen LogP contribution in [0.15, 0.2) is 54.6 Å². The van der Waals surface area contributed by atoms with E-state index in [1.165, 1.54) is 0 Å². The largest absolute Gasteiger partial charge is 0.491 e. The van der Waals surface area contributed by atoms with Gasteiger partial charge in [0, 0.05) is 5.69 Å². The predicted molar refractivity (Wildman–Crippen MR) is 87.1 cm³/mol. The number of rotatable bonds is 7. The zero-order valence-corrected chi connectivity index (χ0v) is 12.7. The second-order valence-electron chi connectivity index (χ2n) is 4.96. The minimum Gasteiger partial charge on any atom is -0.491 e. The highest BCUT2D eigenvalue weighted by Gasteiger charge is 2.18. The minimum atomic E-state index is -0.161. The Labute approximate surface area is 130 Å².